The number of hydrogen-bond donors (Lipinski definition) is 2. The van der Waals surface area contributed by atoms with Gasteiger partial charge in [0, 0.05) is 19.5 Å². The summed E-state index contributed by atoms with van der Waals surface area (Å²) in [5, 5.41) is 18.0. The third-order valence-electron chi connectivity index (χ3n) is 4.23. The smallest absolute Gasteiger partial charge is 0.311 e. The fraction of sp³-hybridized carbons (Fsp3) is 0.833. The molecule has 0 unspecified atom stereocenters. The Bertz CT molecular complexity index is 330. The van der Waals surface area contributed by atoms with E-state index in [1.807, 2.05) is 0 Å². The van der Waals surface area contributed by atoms with Crippen LogP contribution in [0.1, 0.15) is 32.1 Å². The molecule has 0 radical (unpaired) electrons. The number of fused-ring (bicyclic) bond motifs is 1. The van der Waals surface area contributed by atoms with Gasteiger partial charge in [0.1, 0.15) is 0 Å². The van der Waals surface area contributed by atoms with Crippen LogP contribution in [0.25, 0.3) is 0 Å². The van der Waals surface area contributed by atoms with Crippen LogP contribution in [-0.2, 0) is 9.59 Å². The maximum absolute atomic E-state index is 11.4. The van der Waals surface area contributed by atoms with Crippen molar-refractivity contribution >= 4 is 11.9 Å². The van der Waals surface area contributed by atoms with E-state index < -0.39 is 17.4 Å². The molecule has 0 amide bonds. The van der Waals surface area contributed by atoms with E-state index in [1.54, 1.807) is 0 Å². The Hall–Kier alpha value is -1.10. The summed E-state index contributed by atoms with van der Waals surface area (Å²) in [7, 11) is 0. The molecule has 0 aromatic carbocycles. The highest BCUT2D eigenvalue weighted by atomic mass is 16.4. The fourth-order valence-electron chi connectivity index (χ4n) is 3.37. The van der Waals surface area contributed by atoms with Gasteiger partial charge in [-0.25, -0.2) is 0 Å². The molecular formula is C12H19NO4. The number of rotatable bonds is 5. The first-order valence-corrected chi connectivity index (χ1v) is 6.22. The van der Waals surface area contributed by atoms with Crippen molar-refractivity contribution in [3.05, 3.63) is 0 Å². The van der Waals surface area contributed by atoms with Crippen LogP contribution in [0.2, 0.25) is 0 Å². The maximum Gasteiger partial charge on any atom is 0.311 e. The van der Waals surface area contributed by atoms with E-state index in [0.717, 1.165) is 25.8 Å². The summed E-state index contributed by atoms with van der Waals surface area (Å²) in [6.45, 7) is 2.14. The predicted molar refractivity (Wildman–Crippen MR) is 60.7 cm³/mol. The number of carboxylic acid groups (broad SMARTS) is 2. The molecule has 5 nitrogen and oxygen atoms in total. The van der Waals surface area contributed by atoms with Crippen LogP contribution >= 0.6 is 0 Å². The normalized spacial score (nSPS) is 32.6. The highest BCUT2D eigenvalue weighted by molar-refractivity contribution is 5.76. The third-order valence-corrected chi connectivity index (χ3v) is 4.23. The van der Waals surface area contributed by atoms with Crippen LogP contribution in [0.15, 0.2) is 0 Å². The highest BCUT2D eigenvalue weighted by Gasteiger charge is 2.54. The van der Waals surface area contributed by atoms with E-state index in [-0.39, 0.29) is 12.3 Å². The van der Waals surface area contributed by atoms with Crippen molar-refractivity contribution < 1.29 is 19.8 Å². The minimum absolute atomic E-state index is 0.168. The molecule has 0 aromatic heterocycles. The lowest BCUT2D eigenvalue weighted by molar-refractivity contribution is -0.149. The molecule has 1 aliphatic carbocycles. The second-order valence-electron chi connectivity index (χ2n) is 5.28. The fourth-order valence-corrected chi connectivity index (χ4v) is 3.37. The SMILES string of the molecule is O=C(O)CCCN1C[C@@H]2CCC[C@@]2(C(=O)O)C1. The monoisotopic (exact) mass is 241 g/mol. The van der Waals surface area contributed by atoms with Gasteiger partial charge in [0.15, 0.2) is 0 Å². The van der Waals surface area contributed by atoms with Crippen molar-refractivity contribution in [1.29, 1.82) is 0 Å². The lowest BCUT2D eigenvalue weighted by Gasteiger charge is -2.23. The van der Waals surface area contributed by atoms with Crippen LogP contribution in [0.4, 0.5) is 0 Å². The van der Waals surface area contributed by atoms with Gasteiger partial charge in [-0.2, -0.15) is 0 Å². The Labute approximate surface area is 100 Å². The average Bonchev–Trinajstić information content (AvgIpc) is 2.73. The first-order valence-electron chi connectivity index (χ1n) is 6.22. The molecule has 0 bridgehead atoms. The van der Waals surface area contributed by atoms with Gasteiger partial charge in [0.25, 0.3) is 0 Å². The van der Waals surface area contributed by atoms with Gasteiger partial charge in [-0.3, -0.25) is 9.59 Å². The maximum atomic E-state index is 11.4. The van der Waals surface area contributed by atoms with E-state index in [2.05, 4.69) is 4.90 Å². The van der Waals surface area contributed by atoms with Gasteiger partial charge < -0.3 is 15.1 Å². The number of carbonyl (C=O) groups is 2. The second-order valence-corrected chi connectivity index (χ2v) is 5.28. The third kappa shape index (κ3) is 2.29. The molecule has 1 saturated heterocycles. The number of aliphatic carboxylic acids is 2. The summed E-state index contributed by atoms with van der Waals surface area (Å²) >= 11 is 0. The first-order chi connectivity index (χ1) is 8.04. The Morgan fingerprint density at radius 2 is 2.12 bits per heavy atom. The first kappa shape index (κ1) is 12.4. The van der Waals surface area contributed by atoms with Crippen LogP contribution < -0.4 is 0 Å². The van der Waals surface area contributed by atoms with Crippen molar-refractivity contribution in [1.82, 2.24) is 4.90 Å². The standard InChI is InChI=1S/C12H19NO4/c14-10(15)4-2-6-13-7-9-3-1-5-12(9,8-13)11(16)17/h9H,1-8H2,(H,14,15)(H,16,17)/t9-,12+/m0/s1. The predicted octanol–water partition coefficient (Wildman–Crippen LogP) is 1.04. The average molecular weight is 241 g/mol. The second kappa shape index (κ2) is 4.64. The molecule has 2 rings (SSSR count). The van der Waals surface area contributed by atoms with Crippen LogP contribution in [-0.4, -0.2) is 46.7 Å². The van der Waals surface area contributed by atoms with Crippen molar-refractivity contribution in [3.8, 4) is 0 Å². The van der Waals surface area contributed by atoms with E-state index in [0.29, 0.717) is 19.5 Å². The molecule has 1 saturated carbocycles. The Morgan fingerprint density at radius 3 is 2.71 bits per heavy atom. The zero-order chi connectivity index (χ0) is 12.5. The number of likely N-dealkylation sites (tertiary alicyclic amines) is 1. The summed E-state index contributed by atoms with van der Waals surface area (Å²) in [5.41, 5.74) is -0.538. The van der Waals surface area contributed by atoms with E-state index in [4.69, 9.17) is 5.11 Å². The highest BCUT2D eigenvalue weighted by Crippen LogP contribution is 2.48. The Kier molecular flexibility index (Phi) is 3.38. The molecule has 5 heteroatoms. The molecule has 2 fully saturated rings. The summed E-state index contributed by atoms with van der Waals surface area (Å²) < 4.78 is 0. The Balaban J connectivity index is 1.89. The molecule has 2 atom stereocenters. The summed E-state index contributed by atoms with van der Waals surface area (Å²) in [6.07, 6.45) is 3.57. The van der Waals surface area contributed by atoms with E-state index in [1.165, 1.54) is 0 Å². The molecule has 1 heterocycles. The minimum Gasteiger partial charge on any atom is -0.481 e. The molecule has 2 aliphatic rings. The lowest BCUT2D eigenvalue weighted by Crippen LogP contribution is -2.35. The van der Waals surface area contributed by atoms with Gasteiger partial charge in [-0.05, 0) is 31.7 Å². The lowest BCUT2D eigenvalue weighted by atomic mass is 9.81. The van der Waals surface area contributed by atoms with Gasteiger partial charge in [-0.15, -0.1) is 0 Å². The van der Waals surface area contributed by atoms with Crippen molar-refractivity contribution in [3.63, 3.8) is 0 Å². The zero-order valence-corrected chi connectivity index (χ0v) is 9.89. The molecule has 0 aromatic rings. The number of hydrogen-bond acceptors (Lipinski definition) is 3. The molecule has 17 heavy (non-hydrogen) atoms. The summed E-state index contributed by atoms with van der Waals surface area (Å²) in [5.74, 6) is -1.18. The van der Waals surface area contributed by atoms with Crippen LogP contribution in [0.5, 0.6) is 0 Å². The van der Waals surface area contributed by atoms with Crippen molar-refractivity contribution in [2.75, 3.05) is 19.6 Å². The molecule has 1 aliphatic heterocycles. The molecular weight excluding hydrogens is 222 g/mol. The van der Waals surface area contributed by atoms with Crippen molar-refractivity contribution in [2.45, 2.75) is 32.1 Å². The molecule has 96 valence electrons. The van der Waals surface area contributed by atoms with Gasteiger partial charge in [0.05, 0.1) is 5.41 Å². The molecule has 0 spiro atoms. The van der Waals surface area contributed by atoms with Gasteiger partial charge in [0.2, 0.25) is 0 Å². The van der Waals surface area contributed by atoms with E-state index in [9.17, 15) is 14.7 Å². The topological polar surface area (TPSA) is 77.8 Å². The van der Waals surface area contributed by atoms with Crippen molar-refractivity contribution in [2.24, 2.45) is 11.3 Å². The minimum atomic E-state index is -0.780. The summed E-state index contributed by atoms with van der Waals surface area (Å²) in [4.78, 5) is 24.0. The zero-order valence-electron chi connectivity index (χ0n) is 9.89. The molecule has 2 N–H and O–H groups in total. The largest absolute Gasteiger partial charge is 0.481 e. The van der Waals surface area contributed by atoms with Gasteiger partial charge in [-0.1, -0.05) is 6.42 Å². The van der Waals surface area contributed by atoms with Crippen LogP contribution in [0, 0.1) is 11.3 Å². The van der Waals surface area contributed by atoms with E-state index >= 15 is 0 Å². The Morgan fingerprint density at radius 1 is 1.35 bits per heavy atom. The van der Waals surface area contributed by atoms with Gasteiger partial charge >= 0.3 is 11.9 Å². The van der Waals surface area contributed by atoms with Crippen LogP contribution in [0.3, 0.4) is 0 Å². The summed E-state index contributed by atoms with van der Waals surface area (Å²) in [6, 6.07) is 0. The number of nitrogens with zero attached hydrogens (tertiary/aromatic N) is 1. The number of carboxylic acids is 2. The quantitative estimate of drug-likeness (QED) is 0.752.